The van der Waals surface area contributed by atoms with E-state index in [1.165, 1.54) is 12.8 Å². The molecule has 1 aliphatic carbocycles. The first-order valence-electron chi connectivity index (χ1n) is 6.56. The maximum atomic E-state index is 6.31. The summed E-state index contributed by atoms with van der Waals surface area (Å²) in [5.74, 6) is 0.966. The SMILES string of the molecule is CSC1(Cn2c(C(C)Cl)nc3c(C)nn(C)c32)CC1. The summed E-state index contributed by atoms with van der Waals surface area (Å²) in [4.78, 5) is 4.72. The van der Waals surface area contributed by atoms with Crippen molar-refractivity contribution in [3.63, 3.8) is 0 Å². The minimum atomic E-state index is -0.0792. The number of hydrogen-bond donors (Lipinski definition) is 0. The van der Waals surface area contributed by atoms with Gasteiger partial charge in [-0.25, -0.2) is 4.98 Å². The Morgan fingerprint density at radius 3 is 2.68 bits per heavy atom. The van der Waals surface area contributed by atoms with Gasteiger partial charge in [0.15, 0.2) is 5.65 Å². The molecule has 0 aromatic carbocycles. The molecule has 1 fully saturated rings. The summed E-state index contributed by atoms with van der Waals surface area (Å²) in [5, 5.41) is 4.39. The summed E-state index contributed by atoms with van der Waals surface area (Å²) in [7, 11) is 1.98. The molecule has 0 amide bonds. The molecule has 0 saturated heterocycles. The predicted octanol–water partition coefficient (Wildman–Crippen LogP) is 3.27. The number of aromatic nitrogens is 4. The molecule has 0 radical (unpaired) electrons. The molecule has 1 unspecified atom stereocenters. The van der Waals surface area contributed by atoms with Crippen molar-refractivity contribution >= 4 is 34.5 Å². The zero-order valence-electron chi connectivity index (χ0n) is 11.8. The fourth-order valence-corrected chi connectivity index (χ4v) is 3.60. The molecule has 2 aromatic heterocycles. The second-order valence-electron chi connectivity index (χ2n) is 5.44. The lowest BCUT2D eigenvalue weighted by Crippen LogP contribution is -2.17. The van der Waals surface area contributed by atoms with E-state index >= 15 is 0 Å². The molecule has 4 nitrogen and oxygen atoms in total. The number of alkyl halides is 1. The summed E-state index contributed by atoms with van der Waals surface area (Å²) in [6.45, 7) is 4.97. The average Bonchev–Trinajstić information content (AvgIpc) is 2.92. The number of hydrogen-bond acceptors (Lipinski definition) is 3. The van der Waals surface area contributed by atoms with Crippen LogP contribution in [-0.4, -0.2) is 30.3 Å². The molecule has 0 bridgehead atoms. The zero-order valence-corrected chi connectivity index (χ0v) is 13.3. The number of thioether (sulfide) groups is 1. The molecule has 2 aromatic rings. The summed E-state index contributed by atoms with van der Waals surface area (Å²) >= 11 is 8.27. The van der Waals surface area contributed by atoms with E-state index in [0.717, 1.165) is 29.2 Å². The van der Waals surface area contributed by atoms with Gasteiger partial charge in [0.05, 0.1) is 11.1 Å². The molecule has 104 valence electrons. The third kappa shape index (κ3) is 2.07. The van der Waals surface area contributed by atoms with E-state index in [1.807, 2.05) is 37.3 Å². The standard InChI is InChI=1S/C13H19ClN4S/c1-8(14)11-15-10-9(2)16-17(3)12(10)18(11)7-13(19-4)5-6-13/h8H,5-7H2,1-4H3. The highest BCUT2D eigenvalue weighted by atomic mass is 35.5. The first-order valence-corrected chi connectivity index (χ1v) is 8.22. The van der Waals surface area contributed by atoms with Gasteiger partial charge in [-0.1, -0.05) is 0 Å². The molecular formula is C13H19ClN4S. The number of fused-ring (bicyclic) bond motifs is 1. The summed E-state index contributed by atoms with van der Waals surface area (Å²) in [6.07, 6.45) is 4.75. The molecule has 2 heterocycles. The van der Waals surface area contributed by atoms with E-state index in [-0.39, 0.29) is 5.38 Å². The summed E-state index contributed by atoms with van der Waals surface area (Å²) < 4.78 is 4.58. The third-order valence-electron chi connectivity index (χ3n) is 3.96. The summed E-state index contributed by atoms with van der Waals surface area (Å²) in [5.41, 5.74) is 3.06. The molecule has 1 atom stereocenters. The second kappa shape index (κ2) is 4.42. The predicted molar refractivity (Wildman–Crippen MR) is 81.0 cm³/mol. The van der Waals surface area contributed by atoms with Crippen molar-refractivity contribution in [3.8, 4) is 0 Å². The Bertz CT molecular complexity index is 624. The zero-order chi connectivity index (χ0) is 13.8. The summed E-state index contributed by atoms with van der Waals surface area (Å²) in [6, 6.07) is 0. The Balaban J connectivity index is 2.16. The van der Waals surface area contributed by atoms with Crippen LogP contribution in [0.2, 0.25) is 0 Å². The lowest BCUT2D eigenvalue weighted by atomic mass is 10.3. The quantitative estimate of drug-likeness (QED) is 0.813. The van der Waals surface area contributed by atoms with Gasteiger partial charge in [0.1, 0.15) is 11.3 Å². The molecule has 0 spiro atoms. The van der Waals surface area contributed by atoms with Crippen LogP contribution in [-0.2, 0) is 13.6 Å². The lowest BCUT2D eigenvalue weighted by molar-refractivity contribution is 0.615. The number of rotatable bonds is 4. The van der Waals surface area contributed by atoms with Crippen LogP contribution >= 0.6 is 23.4 Å². The second-order valence-corrected chi connectivity index (χ2v) is 7.37. The van der Waals surface area contributed by atoms with Gasteiger partial charge in [0.25, 0.3) is 0 Å². The van der Waals surface area contributed by atoms with Crippen LogP contribution in [0.15, 0.2) is 0 Å². The van der Waals surface area contributed by atoms with Crippen molar-refractivity contribution < 1.29 is 0 Å². The number of aryl methyl sites for hydroxylation is 2. The van der Waals surface area contributed by atoms with Gasteiger partial charge in [0.2, 0.25) is 0 Å². The minimum Gasteiger partial charge on any atom is -0.310 e. The van der Waals surface area contributed by atoms with Gasteiger partial charge in [-0.2, -0.15) is 16.9 Å². The Morgan fingerprint density at radius 1 is 1.47 bits per heavy atom. The first-order chi connectivity index (χ1) is 8.97. The Morgan fingerprint density at radius 2 is 2.16 bits per heavy atom. The van der Waals surface area contributed by atoms with E-state index in [0.29, 0.717) is 4.75 Å². The highest BCUT2D eigenvalue weighted by Crippen LogP contribution is 2.49. The number of nitrogens with zero attached hydrogens (tertiary/aromatic N) is 4. The average molecular weight is 299 g/mol. The van der Waals surface area contributed by atoms with E-state index in [2.05, 4.69) is 15.9 Å². The van der Waals surface area contributed by atoms with Crippen LogP contribution < -0.4 is 0 Å². The van der Waals surface area contributed by atoms with Crippen LogP contribution in [0.25, 0.3) is 11.2 Å². The topological polar surface area (TPSA) is 35.6 Å². The van der Waals surface area contributed by atoms with Gasteiger partial charge < -0.3 is 4.57 Å². The van der Waals surface area contributed by atoms with Gasteiger partial charge >= 0.3 is 0 Å². The van der Waals surface area contributed by atoms with Gasteiger partial charge in [-0.3, -0.25) is 4.68 Å². The van der Waals surface area contributed by atoms with Crippen molar-refractivity contribution in [3.05, 3.63) is 11.5 Å². The van der Waals surface area contributed by atoms with Crippen LogP contribution in [0.4, 0.5) is 0 Å². The van der Waals surface area contributed by atoms with Crippen molar-refractivity contribution in [1.29, 1.82) is 0 Å². The Hall–Kier alpha value is -0.680. The molecular weight excluding hydrogens is 280 g/mol. The molecule has 0 aliphatic heterocycles. The van der Waals surface area contributed by atoms with Crippen LogP contribution in [0, 0.1) is 6.92 Å². The van der Waals surface area contributed by atoms with Gasteiger partial charge in [-0.05, 0) is 32.9 Å². The van der Waals surface area contributed by atoms with Gasteiger partial charge in [0, 0.05) is 18.3 Å². The molecule has 6 heteroatoms. The van der Waals surface area contributed by atoms with Crippen LogP contribution in [0.5, 0.6) is 0 Å². The fourth-order valence-electron chi connectivity index (χ4n) is 2.67. The lowest BCUT2D eigenvalue weighted by Gasteiger charge is -2.17. The normalized spacial score (nSPS) is 19.0. The minimum absolute atomic E-state index is 0.0792. The number of imidazole rings is 1. The molecule has 1 saturated carbocycles. The first kappa shape index (κ1) is 13.3. The van der Waals surface area contributed by atoms with Crippen molar-refractivity contribution in [2.75, 3.05) is 6.26 Å². The van der Waals surface area contributed by atoms with Crippen molar-refractivity contribution in [2.24, 2.45) is 7.05 Å². The van der Waals surface area contributed by atoms with E-state index in [1.54, 1.807) is 0 Å². The van der Waals surface area contributed by atoms with E-state index < -0.39 is 0 Å². The molecule has 0 N–H and O–H groups in total. The Labute approximate surface area is 122 Å². The molecule has 3 rings (SSSR count). The highest BCUT2D eigenvalue weighted by molar-refractivity contribution is 8.00. The maximum Gasteiger partial charge on any atom is 0.158 e. The van der Waals surface area contributed by atoms with Crippen molar-refractivity contribution in [1.82, 2.24) is 19.3 Å². The number of halogens is 1. The fraction of sp³-hybridized carbons (Fsp3) is 0.692. The van der Waals surface area contributed by atoms with Crippen LogP contribution in [0.3, 0.4) is 0 Å². The van der Waals surface area contributed by atoms with Crippen molar-refractivity contribution in [2.45, 2.75) is 43.4 Å². The monoisotopic (exact) mass is 298 g/mol. The Kier molecular flexibility index (Phi) is 3.09. The smallest absolute Gasteiger partial charge is 0.158 e. The van der Waals surface area contributed by atoms with E-state index in [9.17, 15) is 0 Å². The highest BCUT2D eigenvalue weighted by Gasteiger charge is 2.43. The molecule has 1 aliphatic rings. The van der Waals surface area contributed by atoms with E-state index in [4.69, 9.17) is 16.6 Å². The van der Waals surface area contributed by atoms with Crippen LogP contribution in [0.1, 0.15) is 36.7 Å². The third-order valence-corrected chi connectivity index (χ3v) is 5.56. The maximum absolute atomic E-state index is 6.31. The largest absolute Gasteiger partial charge is 0.310 e. The van der Waals surface area contributed by atoms with Gasteiger partial charge in [-0.15, -0.1) is 11.6 Å². The molecule has 19 heavy (non-hydrogen) atoms.